The van der Waals surface area contributed by atoms with E-state index in [4.69, 9.17) is 5.73 Å². The first-order chi connectivity index (χ1) is 11.7. The molecule has 24 heavy (non-hydrogen) atoms. The van der Waals surface area contributed by atoms with Crippen LogP contribution in [0.3, 0.4) is 0 Å². The van der Waals surface area contributed by atoms with Gasteiger partial charge in [0.2, 0.25) is 0 Å². The quantitative estimate of drug-likeness (QED) is 0.475. The summed E-state index contributed by atoms with van der Waals surface area (Å²) in [6, 6.07) is 21.3. The van der Waals surface area contributed by atoms with Crippen LogP contribution in [-0.2, 0) is 0 Å². The molecule has 0 unspecified atom stereocenters. The largest absolute Gasteiger partial charge is 0.385 e. The molecule has 0 bridgehead atoms. The van der Waals surface area contributed by atoms with Crippen molar-refractivity contribution in [2.24, 2.45) is 5.73 Å². The van der Waals surface area contributed by atoms with Gasteiger partial charge in [0.05, 0.1) is 11.0 Å². The first kappa shape index (κ1) is 14.6. The predicted octanol–water partition coefficient (Wildman–Crippen LogP) is 5.67. The van der Waals surface area contributed by atoms with Crippen LogP contribution in [0.4, 0.5) is 0 Å². The van der Waals surface area contributed by atoms with Crippen LogP contribution in [0, 0.1) is 0 Å². The molecule has 2 heteroatoms. The van der Waals surface area contributed by atoms with Crippen molar-refractivity contribution in [3.63, 3.8) is 0 Å². The van der Waals surface area contributed by atoms with E-state index in [-0.39, 0.29) is 0 Å². The molecule has 2 nitrogen and oxygen atoms in total. The van der Waals surface area contributed by atoms with Gasteiger partial charge in [-0.3, -0.25) is 4.57 Å². The minimum Gasteiger partial charge on any atom is -0.385 e. The Morgan fingerprint density at radius 1 is 0.792 bits per heavy atom. The second-order valence-electron chi connectivity index (χ2n) is 6.37. The van der Waals surface area contributed by atoms with Gasteiger partial charge < -0.3 is 5.73 Å². The van der Waals surface area contributed by atoms with Gasteiger partial charge in [0, 0.05) is 10.8 Å². The van der Waals surface area contributed by atoms with E-state index in [1.54, 1.807) is 0 Å². The number of fused-ring (bicyclic) bond motifs is 5. The summed E-state index contributed by atoms with van der Waals surface area (Å²) in [4.78, 5) is 0. The van der Waals surface area contributed by atoms with E-state index in [0.29, 0.717) is 0 Å². The first-order valence-electron chi connectivity index (χ1n) is 8.19. The van der Waals surface area contributed by atoms with Crippen LogP contribution < -0.4 is 5.73 Å². The maximum absolute atomic E-state index is 6.44. The number of rotatable bonds is 2. The Hall–Kier alpha value is -3.00. The van der Waals surface area contributed by atoms with Crippen LogP contribution in [0.15, 0.2) is 78.4 Å². The lowest BCUT2D eigenvalue weighted by Gasteiger charge is -2.07. The molecule has 0 radical (unpaired) electrons. The molecule has 0 aliphatic carbocycles. The zero-order valence-electron chi connectivity index (χ0n) is 14.0. The van der Waals surface area contributed by atoms with Gasteiger partial charge in [0.1, 0.15) is 5.82 Å². The topological polar surface area (TPSA) is 30.9 Å². The Kier molecular flexibility index (Phi) is 3.39. The van der Waals surface area contributed by atoms with E-state index in [1.807, 2.05) is 6.08 Å². The molecule has 4 rings (SSSR count). The normalized spacial score (nSPS) is 12.2. The van der Waals surface area contributed by atoms with Crippen LogP contribution in [0.1, 0.15) is 13.8 Å². The second kappa shape index (κ2) is 5.57. The monoisotopic (exact) mass is 312 g/mol. The Morgan fingerprint density at radius 2 is 1.50 bits per heavy atom. The summed E-state index contributed by atoms with van der Waals surface area (Å²) in [5.74, 6) is 0.734. The van der Waals surface area contributed by atoms with E-state index in [9.17, 15) is 0 Å². The zero-order chi connectivity index (χ0) is 16.7. The predicted molar refractivity (Wildman–Crippen MR) is 105 cm³/mol. The van der Waals surface area contributed by atoms with Crippen molar-refractivity contribution in [3.8, 4) is 0 Å². The molecule has 1 heterocycles. The van der Waals surface area contributed by atoms with E-state index in [1.165, 1.54) is 27.1 Å². The SMILES string of the molecule is CC(C)=C/C=C(\N)n1c2ccccc2c2c3ccccc3ccc21. The van der Waals surface area contributed by atoms with Crippen molar-refractivity contribution in [1.29, 1.82) is 0 Å². The lowest BCUT2D eigenvalue weighted by atomic mass is 10.0. The molecule has 0 atom stereocenters. The van der Waals surface area contributed by atoms with Gasteiger partial charge >= 0.3 is 0 Å². The van der Waals surface area contributed by atoms with Gasteiger partial charge in [-0.15, -0.1) is 0 Å². The maximum Gasteiger partial charge on any atom is 0.108 e. The molecule has 0 aliphatic rings. The molecule has 0 saturated carbocycles. The summed E-state index contributed by atoms with van der Waals surface area (Å²) in [6.07, 6.45) is 4.04. The molecular weight excluding hydrogens is 292 g/mol. The molecule has 1 aromatic heterocycles. The fourth-order valence-electron chi connectivity index (χ4n) is 3.34. The summed E-state index contributed by atoms with van der Waals surface area (Å²) in [7, 11) is 0. The highest BCUT2D eigenvalue weighted by Gasteiger charge is 2.13. The number of nitrogens with zero attached hydrogens (tertiary/aromatic N) is 1. The molecule has 118 valence electrons. The number of nitrogens with two attached hydrogens (primary N) is 1. The number of hydrogen-bond donors (Lipinski definition) is 1. The summed E-state index contributed by atoms with van der Waals surface area (Å²) >= 11 is 0. The lowest BCUT2D eigenvalue weighted by molar-refractivity contribution is 1.17. The van der Waals surface area contributed by atoms with E-state index >= 15 is 0 Å². The van der Waals surface area contributed by atoms with Gasteiger partial charge in [-0.25, -0.2) is 0 Å². The number of allylic oxidation sites excluding steroid dienone is 3. The highest BCUT2D eigenvalue weighted by molar-refractivity contribution is 6.21. The van der Waals surface area contributed by atoms with Crippen molar-refractivity contribution < 1.29 is 0 Å². The highest BCUT2D eigenvalue weighted by atomic mass is 15.1. The van der Waals surface area contributed by atoms with Crippen LogP contribution >= 0.6 is 0 Å². The van der Waals surface area contributed by atoms with Crippen LogP contribution in [-0.4, -0.2) is 4.57 Å². The van der Waals surface area contributed by atoms with Crippen LogP contribution in [0.5, 0.6) is 0 Å². The number of hydrogen-bond acceptors (Lipinski definition) is 1. The van der Waals surface area contributed by atoms with Crippen molar-refractivity contribution in [3.05, 3.63) is 78.4 Å². The molecule has 4 aromatic rings. The maximum atomic E-state index is 6.44. The number of aromatic nitrogens is 1. The molecular formula is C22H20N2. The highest BCUT2D eigenvalue weighted by Crippen LogP contribution is 2.35. The molecule has 2 N–H and O–H groups in total. The molecule has 0 fully saturated rings. The molecule has 0 saturated heterocycles. The van der Waals surface area contributed by atoms with E-state index < -0.39 is 0 Å². The Labute approximate surface area is 141 Å². The Morgan fingerprint density at radius 3 is 2.29 bits per heavy atom. The van der Waals surface area contributed by atoms with Crippen LogP contribution in [0.25, 0.3) is 38.4 Å². The van der Waals surface area contributed by atoms with Gasteiger partial charge in [-0.05, 0) is 42.8 Å². The minimum absolute atomic E-state index is 0.734. The van der Waals surface area contributed by atoms with Crippen molar-refractivity contribution in [2.75, 3.05) is 0 Å². The standard InChI is InChI=1S/C22H20N2/c1-15(2)11-14-21(23)24-19-10-6-5-9-18(19)22-17-8-4-3-7-16(17)12-13-20(22)24/h3-14H,23H2,1-2H3/b21-14+. The summed E-state index contributed by atoms with van der Waals surface area (Å²) in [5.41, 5.74) is 9.95. The third-order valence-electron chi connectivity index (χ3n) is 4.41. The zero-order valence-corrected chi connectivity index (χ0v) is 14.0. The Balaban J connectivity index is 2.18. The Bertz CT molecular complexity index is 1120. The number of benzene rings is 3. The molecule has 3 aromatic carbocycles. The number of para-hydroxylation sites is 1. The molecule has 0 aliphatic heterocycles. The summed E-state index contributed by atoms with van der Waals surface area (Å²) < 4.78 is 2.15. The third kappa shape index (κ3) is 2.19. The van der Waals surface area contributed by atoms with Crippen LogP contribution in [0.2, 0.25) is 0 Å². The van der Waals surface area contributed by atoms with Gasteiger partial charge in [-0.2, -0.15) is 0 Å². The fraction of sp³-hybridized carbons (Fsp3) is 0.0909. The van der Waals surface area contributed by atoms with Gasteiger partial charge in [-0.1, -0.05) is 60.2 Å². The van der Waals surface area contributed by atoms with Crippen molar-refractivity contribution in [1.82, 2.24) is 4.57 Å². The first-order valence-corrected chi connectivity index (χ1v) is 8.19. The average Bonchev–Trinajstić information content (AvgIpc) is 2.94. The lowest BCUT2D eigenvalue weighted by Crippen LogP contribution is -2.05. The third-order valence-corrected chi connectivity index (χ3v) is 4.41. The average molecular weight is 312 g/mol. The molecule has 0 spiro atoms. The molecule has 0 amide bonds. The summed E-state index contributed by atoms with van der Waals surface area (Å²) in [6.45, 7) is 4.15. The van der Waals surface area contributed by atoms with E-state index in [2.05, 4.69) is 85.2 Å². The van der Waals surface area contributed by atoms with Crippen molar-refractivity contribution >= 4 is 38.4 Å². The second-order valence-corrected chi connectivity index (χ2v) is 6.37. The van der Waals surface area contributed by atoms with Gasteiger partial charge in [0.15, 0.2) is 0 Å². The van der Waals surface area contributed by atoms with E-state index in [0.717, 1.165) is 16.9 Å². The fourth-order valence-corrected chi connectivity index (χ4v) is 3.34. The smallest absolute Gasteiger partial charge is 0.108 e. The van der Waals surface area contributed by atoms with Gasteiger partial charge in [0.25, 0.3) is 0 Å². The summed E-state index contributed by atoms with van der Waals surface area (Å²) in [5, 5.41) is 5.01. The van der Waals surface area contributed by atoms with Crippen molar-refractivity contribution in [2.45, 2.75) is 13.8 Å². The minimum atomic E-state index is 0.734.